The number of nitrogens with one attached hydrogen (secondary N) is 1. The fourth-order valence-electron chi connectivity index (χ4n) is 3.27. The van der Waals surface area contributed by atoms with E-state index in [1.54, 1.807) is 18.6 Å². The first-order chi connectivity index (χ1) is 12.3. The van der Waals surface area contributed by atoms with Crippen molar-refractivity contribution in [1.82, 2.24) is 19.7 Å². The van der Waals surface area contributed by atoms with E-state index in [0.717, 1.165) is 18.4 Å². The Kier molecular flexibility index (Phi) is 4.24. The number of rotatable bonds is 4. The van der Waals surface area contributed by atoms with Gasteiger partial charge in [-0.25, -0.2) is 14.6 Å². The second-order valence-electron chi connectivity index (χ2n) is 6.25. The number of amides is 1. The van der Waals surface area contributed by atoms with Crippen LogP contribution in [0.1, 0.15) is 29.5 Å². The lowest BCUT2D eigenvalue weighted by Gasteiger charge is -2.16. The van der Waals surface area contributed by atoms with Crippen LogP contribution in [0.2, 0.25) is 0 Å². The van der Waals surface area contributed by atoms with Crippen molar-refractivity contribution in [2.75, 3.05) is 5.32 Å². The van der Waals surface area contributed by atoms with Crippen LogP contribution in [0.3, 0.4) is 0 Å². The summed E-state index contributed by atoms with van der Waals surface area (Å²) < 4.78 is 1.54. The fourth-order valence-corrected chi connectivity index (χ4v) is 3.27. The zero-order valence-corrected chi connectivity index (χ0v) is 13.9. The van der Waals surface area contributed by atoms with E-state index in [-0.39, 0.29) is 5.91 Å². The monoisotopic (exact) mass is 333 g/mol. The molecule has 1 amide bonds. The predicted octanol–water partition coefficient (Wildman–Crippen LogP) is 2.72. The van der Waals surface area contributed by atoms with E-state index in [0.29, 0.717) is 17.9 Å². The van der Waals surface area contributed by atoms with Crippen LogP contribution in [0.15, 0.2) is 49.2 Å². The summed E-state index contributed by atoms with van der Waals surface area (Å²) in [7, 11) is 0. The molecule has 0 unspecified atom stereocenters. The zero-order valence-electron chi connectivity index (χ0n) is 13.9. The molecule has 0 aliphatic heterocycles. The highest BCUT2D eigenvalue weighted by molar-refractivity contribution is 5.93. The van der Waals surface area contributed by atoms with E-state index >= 15 is 0 Å². The lowest BCUT2D eigenvalue weighted by Crippen LogP contribution is -2.17. The van der Waals surface area contributed by atoms with Gasteiger partial charge in [-0.1, -0.05) is 18.2 Å². The van der Waals surface area contributed by atoms with Crippen molar-refractivity contribution in [3.05, 3.63) is 65.9 Å². The second kappa shape index (κ2) is 6.84. The van der Waals surface area contributed by atoms with E-state index in [1.807, 2.05) is 6.07 Å². The molecule has 1 N–H and O–H groups in total. The van der Waals surface area contributed by atoms with Gasteiger partial charge in [0.25, 0.3) is 0 Å². The minimum Gasteiger partial charge on any atom is -0.323 e. The molecule has 0 saturated carbocycles. The summed E-state index contributed by atoms with van der Waals surface area (Å²) in [5, 5.41) is 7.02. The molecule has 126 valence electrons. The third-order valence-electron chi connectivity index (χ3n) is 4.47. The number of fused-ring (bicyclic) bond motifs is 1. The van der Waals surface area contributed by atoms with Gasteiger partial charge in [0.1, 0.15) is 12.7 Å². The second-order valence-corrected chi connectivity index (χ2v) is 6.25. The molecule has 3 aromatic rings. The average Bonchev–Trinajstić information content (AvgIpc) is 3.16. The van der Waals surface area contributed by atoms with Gasteiger partial charge in [-0.15, -0.1) is 0 Å². The predicted molar refractivity (Wildman–Crippen MR) is 94.6 cm³/mol. The topological polar surface area (TPSA) is 72.7 Å². The Morgan fingerprint density at radius 1 is 1.16 bits per heavy atom. The van der Waals surface area contributed by atoms with Gasteiger partial charge >= 0.3 is 0 Å². The summed E-state index contributed by atoms with van der Waals surface area (Å²) in [6, 6.07) is 10.0. The highest BCUT2D eigenvalue weighted by Crippen LogP contribution is 2.23. The Labute approximate surface area is 145 Å². The summed E-state index contributed by atoms with van der Waals surface area (Å²) in [6.07, 6.45) is 9.77. The van der Waals surface area contributed by atoms with Gasteiger partial charge in [0, 0.05) is 6.20 Å². The minimum absolute atomic E-state index is 0.0647. The molecule has 25 heavy (non-hydrogen) atoms. The maximum atomic E-state index is 12.5. The Morgan fingerprint density at radius 2 is 2.04 bits per heavy atom. The van der Waals surface area contributed by atoms with Gasteiger partial charge in [-0.2, -0.15) is 5.10 Å². The Morgan fingerprint density at radius 3 is 2.88 bits per heavy atom. The minimum atomic E-state index is -0.0647. The van der Waals surface area contributed by atoms with Crippen molar-refractivity contribution < 1.29 is 4.79 Å². The fraction of sp³-hybridized carbons (Fsp3) is 0.263. The first-order valence-electron chi connectivity index (χ1n) is 8.50. The Hall–Kier alpha value is -3.02. The lowest BCUT2D eigenvalue weighted by molar-refractivity contribution is -0.115. The van der Waals surface area contributed by atoms with Crippen molar-refractivity contribution in [3.8, 4) is 5.82 Å². The standard InChI is InChI=1S/C19H19N5O/c25-18(11-14-7-8-15-4-1-2-5-16(15)10-14)23-17-6-3-9-21-19(17)24-13-20-12-22-24/h3,6-10,12-13H,1-2,4-5,11H2,(H,23,25). The summed E-state index contributed by atoms with van der Waals surface area (Å²) >= 11 is 0. The van der Waals surface area contributed by atoms with Crippen LogP contribution in [0.4, 0.5) is 5.69 Å². The van der Waals surface area contributed by atoms with Crippen molar-refractivity contribution in [2.45, 2.75) is 32.1 Å². The van der Waals surface area contributed by atoms with Crippen LogP contribution >= 0.6 is 0 Å². The molecule has 0 spiro atoms. The Bertz CT molecular complexity index is 889. The first kappa shape index (κ1) is 15.5. The summed E-state index contributed by atoms with van der Waals surface area (Å²) in [4.78, 5) is 20.7. The largest absolute Gasteiger partial charge is 0.323 e. The van der Waals surface area contributed by atoms with Gasteiger partial charge in [0.15, 0.2) is 5.82 Å². The van der Waals surface area contributed by atoms with Crippen LogP contribution < -0.4 is 5.32 Å². The van der Waals surface area contributed by atoms with Crippen LogP contribution in [-0.2, 0) is 24.1 Å². The maximum Gasteiger partial charge on any atom is 0.228 e. The molecule has 0 fully saturated rings. The summed E-state index contributed by atoms with van der Waals surface area (Å²) in [5.41, 5.74) is 4.48. The molecule has 1 aliphatic carbocycles. The number of benzene rings is 1. The van der Waals surface area contributed by atoms with Gasteiger partial charge in [0.2, 0.25) is 5.91 Å². The SMILES string of the molecule is O=C(Cc1ccc2c(c1)CCCC2)Nc1cccnc1-n1cncn1. The first-order valence-corrected chi connectivity index (χ1v) is 8.50. The maximum absolute atomic E-state index is 12.5. The quantitative estimate of drug-likeness (QED) is 0.797. The van der Waals surface area contributed by atoms with Crippen LogP contribution in [0, 0.1) is 0 Å². The molecule has 1 aliphatic rings. The summed E-state index contributed by atoms with van der Waals surface area (Å²) in [5.74, 6) is 0.490. The van der Waals surface area contributed by atoms with E-state index in [2.05, 4.69) is 38.6 Å². The molecule has 6 heteroatoms. The molecule has 6 nitrogen and oxygen atoms in total. The summed E-state index contributed by atoms with van der Waals surface area (Å²) in [6.45, 7) is 0. The van der Waals surface area contributed by atoms with Gasteiger partial charge in [0.05, 0.1) is 12.1 Å². The molecule has 2 aromatic heterocycles. The molecule has 1 aromatic carbocycles. The third kappa shape index (κ3) is 3.42. The molecule has 0 bridgehead atoms. The number of carbonyl (C=O) groups is 1. The van der Waals surface area contributed by atoms with Crippen LogP contribution in [0.5, 0.6) is 0 Å². The molecular weight excluding hydrogens is 314 g/mol. The molecule has 0 atom stereocenters. The van der Waals surface area contributed by atoms with Crippen molar-refractivity contribution in [3.63, 3.8) is 0 Å². The van der Waals surface area contributed by atoms with Crippen molar-refractivity contribution >= 4 is 11.6 Å². The third-order valence-corrected chi connectivity index (χ3v) is 4.47. The zero-order chi connectivity index (χ0) is 17.1. The molecule has 2 heterocycles. The number of hydrogen-bond acceptors (Lipinski definition) is 4. The van der Waals surface area contributed by atoms with Crippen LogP contribution in [0.25, 0.3) is 5.82 Å². The van der Waals surface area contributed by atoms with E-state index in [1.165, 1.54) is 35.0 Å². The van der Waals surface area contributed by atoms with Gasteiger partial charge in [-0.05, 0) is 54.5 Å². The van der Waals surface area contributed by atoms with E-state index < -0.39 is 0 Å². The molecule has 0 saturated heterocycles. The normalized spacial score (nSPS) is 13.3. The van der Waals surface area contributed by atoms with Crippen molar-refractivity contribution in [2.24, 2.45) is 0 Å². The number of pyridine rings is 1. The number of nitrogens with zero attached hydrogens (tertiary/aromatic N) is 4. The van der Waals surface area contributed by atoms with Gasteiger partial charge < -0.3 is 5.32 Å². The number of aryl methyl sites for hydroxylation is 2. The Balaban J connectivity index is 1.50. The highest BCUT2D eigenvalue weighted by Gasteiger charge is 2.13. The molecule has 0 radical (unpaired) electrons. The van der Waals surface area contributed by atoms with E-state index in [9.17, 15) is 4.79 Å². The lowest BCUT2D eigenvalue weighted by atomic mass is 9.90. The average molecular weight is 333 g/mol. The van der Waals surface area contributed by atoms with Crippen molar-refractivity contribution in [1.29, 1.82) is 0 Å². The van der Waals surface area contributed by atoms with Crippen LogP contribution in [-0.4, -0.2) is 25.7 Å². The smallest absolute Gasteiger partial charge is 0.228 e. The molecule has 4 rings (SSSR count). The number of carbonyl (C=O) groups excluding carboxylic acids is 1. The number of anilines is 1. The van der Waals surface area contributed by atoms with Gasteiger partial charge in [-0.3, -0.25) is 4.79 Å². The van der Waals surface area contributed by atoms with E-state index in [4.69, 9.17) is 0 Å². The number of hydrogen-bond donors (Lipinski definition) is 1. The number of aromatic nitrogens is 4. The highest BCUT2D eigenvalue weighted by atomic mass is 16.1. The molecular formula is C19H19N5O.